The second-order valence-electron chi connectivity index (χ2n) is 18.4. The number of nitrogens with one attached hydrogen (secondary N) is 3. The number of hydrogen-bond donors (Lipinski definition) is 3. The number of nitrogens with zero attached hydrogens (tertiary/aromatic N) is 1. The van der Waals surface area contributed by atoms with Gasteiger partial charge in [0, 0.05) is 42.4 Å². The normalized spacial score (nSPS) is 15.0. The number of hydrogen-bond acceptors (Lipinski definition) is 8. The van der Waals surface area contributed by atoms with Crippen molar-refractivity contribution in [3.8, 4) is 11.5 Å². The van der Waals surface area contributed by atoms with Crippen LogP contribution >= 0.6 is 0 Å². The summed E-state index contributed by atoms with van der Waals surface area (Å²) in [4.78, 5) is 59.6. The molecule has 4 aromatic rings. The van der Waals surface area contributed by atoms with Gasteiger partial charge in [-0.05, 0) is 92.3 Å². The number of rotatable bonds is 21. The van der Waals surface area contributed by atoms with Gasteiger partial charge in [0.2, 0.25) is 26.0 Å². The van der Waals surface area contributed by atoms with E-state index in [-0.39, 0.29) is 35.8 Å². The van der Waals surface area contributed by atoms with Crippen LogP contribution in [0.25, 0.3) is 10.9 Å². The zero-order valence-electron chi connectivity index (χ0n) is 39.6. The van der Waals surface area contributed by atoms with E-state index in [1.54, 1.807) is 21.1 Å². The number of aromatic nitrogens is 1. The summed E-state index contributed by atoms with van der Waals surface area (Å²) in [7, 11) is 2.40. The molecule has 0 saturated heterocycles. The van der Waals surface area contributed by atoms with Gasteiger partial charge in [-0.1, -0.05) is 88.7 Å². The monoisotopic (exact) mass is 882 g/mol. The zero-order chi connectivity index (χ0) is 46.6. The number of ether oxygens (including phenoxy) is 3. The minimum Gasteiger partial charge on any atom is -0.544 e. The largest absolute Gasteiger partial charge is 0.544 e. The van der Waals surface area contributed by atoms with Crippen molar-refractivity contribution < 1.29 is 37.8 Å². The fourth-order valence-electron chi connectivity index (χ4n) is 7.11. The number of carbonyl (C=O) groups excluding carboxylic acids is 4. The minimum absolute atomic E-state index is 0.00109. The van der Waals surface area contributed by atoms with Crippen molar-refractivity contribution in [1.82, 2.24) is 20.5 Å². The zero-order valence-corrected chi connectivity index (χ0v) is 40.6. The van der Waals surface area contributed by atoms with Crippen LogP contribution in [0.5, 0.6) is 11.5 Å². The number of allylic oxidation sites excluding steroid dienone is 1. The Kier molecular flexibility index (Phi) is 17.8. The Morgan fingerprint density at radius 1 is 0.841 bits per heavy atom. The fourth-order valence-corrected chi connectivity index (χ4v) is 8.14. The highest BCUT2D eigenvalue weighted by Gasteiger charge is 2.39. The Labute approximate surface area is 375 Å². The smallest absolute Gasteiger partial charge is 0.307 e. The molecule has 0 aliphatic carbocycles. The van der Waals surface area contributed by atoms with Crippen LogP contribution in [-0.2, 0) is 41.7 Å². The molecule has 63 heavy (non-hydrogen) atoms. The van der Waals surface area contributed by atoms with Crippen LogP contribution in [0.2, 0.25) is 18.1 Å². The van der Waals surface area contributed by atoms with E-state index >= 15 is 0 Å². The molecule has 0 spiro atoms. The molecule has 1 aromatic heterocycles. The lowest BCUT2D eigenvalue weighted by atomic mass is 9.96. The van der Waals surface area contributed by atoms with Crippen LogP contribution in [0, 0.1) is 11.8 Å². The number of carbonyl (C=O) groups is 4. The summed E-state index contributed by atoms with van der Waals surface area (Å²) in [6, 6.07) is 20.2. The Morgan fingerprint density at radius 3 is 2.10 bits per heavy atom. The van der Waals surface area contributed by atoms with Gasteiger partial charge in [-0.2, -0.15) is 0 Å². The third-order valence-electron chi connectivity index (χ3n) is 12.3. The molecule has 3 N–H and O–H groups in total. The highest BCUT2D eigenvalue weighted by Crippen LogP contribution is 2.37. The van der Waals surface area contributed by atoms with Crippen LogP contribution in [0.4, 0.5) is 0 Å². The standard InChI is InChI=1S/C50H70N4O8Si/c1-32(26-33(2)36(5)61-31-37-18-22-40(59-10)23-19-37)27-34(3)47(56)52-35(4)49(58)54(9)45(28-39-30-51-43-17-15-14-16-42(39)43)48(57)53-44(29-46(55)60-11)38-20-24-41(25-21-38)62-63(12,13)50(6,7)8/h14-26,30,33-36,44-45,51H,27-29,31H2,1-13H3,(H,52,56)(H,53,57)/b32-26+/t33-,34+,35+,36-,44-,45-/m1/s1. The predicted octanol–water partition coefficient (Wildman–Crippen LogP) is 9.07. The van der Waals surface area contributed by atoms with Gasteiger partial charge >= 0.3 is 5.97 Å². The van der Waals surface area contributed by atoms with E-state index in [4.69, 9.17) is 18.6 Å². The van der Waals surface area contributed by atoms with Crippen LogP contribution < -0.4 is 19.8 Å². The summed E-state index contributed by atoms with van der Waals surface area (Å²) in [6.07, 6.45) is 4.45. The van der Waals surface area contributed by atoms with E-state index in [0.717, 1.165) is 33.4 Å². The van der Waals surface area contributed by atoms with Gasteiger partial charge in [0.25, 0.3) is 0 Å². The first-order valence-electron chi connectivity index (χ1n) is 21.8. The Hall–Kier alpha value is -5.40. The lowest BCUT2D eigenvalue weighted by Gasteiger charge is -2.36. The SMILES string of the molecule is COC(=O)C[C@@H](NC(=O)[C@@H](Cc1c[nH]c2ccccc12)N(C)C(=O)[C@H](C)NC(=O)[C@@H](C)C/C(C)=C/[C@@H](C)[C@@H](C)OCc1ccc(OC)cc1)c1ccc(O[Si](C)(C)C(C)(C)C)cc1. The number of fused-ring (bicyclic) bond motifs is 1. The molecule has 0 aliphatic heterocycles. The van der Waals surface area contributed by atoms with Crippen LogP contribution in [-0.4, -0.2) is 81.3 Å². The predicted molar refractivity (Wildman–Crippen MR) is 252 cm³/mol. The van der Waals surface area contributed by atoms with Gasteiger partial charge in [-0.3, -0.25) is 19.2 Å². The van der Waals surface area contributed by atoms with E-state index < -0.39 is 50.1 Å². The number of likely N-dealkylation sites (N-methyl/N-ethyl adjacent to an activating group) is 1. The van der Waals surface area contributed by atoms with E-state index in [1.807, 2.05) is 99.8 Å². The fraction of sp³-hybridized carbons (Fsp3) is 0.480. The topological polar surface area (TPSA) is 148 Å². The van der Waals surface area contributed by atoms with Gasteiger partial charge in [-0.15, -0.1) is 0 Å². The van der Waals surface area contributed by atoms with E-state index in [9.17, 15) is 19.2 Å². The molecule has 0 saturated carbocycles. The Morgan fingerprint density at radius 2 is 1.48 bits per heavy atom. The molecule has 0 aliphatic rings. The summed E-state index contributed by atoms with van der Waals surface area (Å²) in [5.74, 6) is -0.491. The number of H-pyrrole nitrogens is 1. The molecular formula is C50H70N4O8Si. The first kappa shape index (κ1) is 50.2. The third kappa shape index (κ3) is 14.0. The van der Waals surface area contributed by atoms with E-state index in [2.05, 4.69) is 62.5 Å². The van der Waals surface area contributed by atoms with Crippen molar-refractivity contribution in [2.75, 3.05) is 21.3 Å². The number of benzene rings is 3. The summed E-state index contributed by atoms with van der Waals surface area (Å²) in [6.45, 7) is 20.9. The number of methoxy groups -OCH3 is 2. The Balaban J connectivity index is 1.48. The minimum atomic E-state index is -2.11. The molecular weight excluding hydrogens is 813 g/mol. The quantitative estimate of drug-likeness (QED) is 0.0427. The van der Waals surface area contributed by atoms with Crippen LogP contribution in [0.15, 0.2) is 90.6 Å². The molecule has 0 unspecified atom stereocenters. The van der Waals surface area contributed by atoms with Crippen molar-refractivity contribution in [2.24, 2.45) is 11.8 Å². The van der Waals surface area contributed by atoms with Crippen molar-refractivity contribution in [1.29, 1.82) is 0 Å². The Bertz CT molecular complexity index is 2180. The summed E-state index contributed by atoms with van der Waals surface area (Å²) >= 11 is 0. The third-order valence-corrected chi connectivity index (χ3v) is 16.7. The molecule has 0 radical (unpaired) electrons. The van der Waals surface area contributed by atoms with Crippen molar-refractivity contribution in [2.45, 2.75) is 124 Å². The summed E-state index contributed by atoms with van der Waals surface area (Å²) < 4.78 is 22.9. The lowest BCUT2D eigenvalue weighted by Crippen LogP contribution is -2.55. The lowest BCUT2D eigenvalue weighted by molar-refractivity contribution is -0.143. The highest BCUT2D eigenvalue weighted by molar-refractivity contribution is 6.74. The molecule has 0 fully saturated rings. The summed E-state index contributed by atoms with van der Waals surface area (Å²) in [5.41, 5.74) is 4.50. The van der Waals surface area contributed by atoms with Crippen LogP contribution in [0.3, 0.4) is 0 Å². The van der Waals surface area contributed by atoms with Gasteiger partial charge in [0.1, 0.15) is 23.6 Å². The highest BCUT2D eigenvalue weighted by atomic mass is 28.4. The van der Waals surface area contributed by atoms with Crippen molar-refractivity contribution in [3.63, 3.8) is 0 Å². The van der Waals surface area contributed by atoms with Crippen molar-refractivity contribution >= 4 is 42.9 Å². The molecule has 1 heterocycles. The van der Waals surface area contributed by atoms with Gasteiger partial charge in [-0.25, -0.2) is 0 Å². The first-order valence-corrected chi connectivity index (χ1v) is 24.7. The first-order chi connectivity index (χ1) is 29.6. The molecule has 12 nitrogen and oxygen atoms in total. The maximum Gasteiger partial charge on any atom is 0.307 e. The molecule has 13 heteroatoms. The maximum atomic E-state index is 14.5. The number of esters is 1. The van der Waals surface area contributed by atoms with E-state index in [0.29, 0.717) is 24.3 Å². The number of para-hydroxylation sites is 1. The average molecular weight is 883 g/mol. The molecule has 3 aromatic carbocycles. The molecule has 3 amide bonds. The summed E-state index contributed by atoms with van der Waals surface area (Å²) in [5, 5.41) is 6.89. The number of aromatic amines is 1. The second kappa shape index (κ2) is 22.3. The van der Waals surface area contributed by atoms with Gasteiger partial charge < -0.3 is 39.2 Å². The molecule has 6 atom stereocenters. The average Bonchev–Trinajstić information content (AvgIpc) is 3.66. The second-order valence-corrected chi connectivity index (χ2v) is 23.1. The van der Waals surface area contributed by atoms with Gasteiger partial charge in [0.15, 0.2) is 0 Å². The van der Waals surface area contributed by atoms with Crippen molar-refractivity contribution in [3.05, 3.63) is 107 Å². The maximum absolute atomic E-state index is 14.5. The number of amides is 3. The van der Waals surface area contributed by atoms with Gasteiger partial charge in [0.05, 0.1) is 39.4 Å². The van der Waals surface area contributed by atoms with Crippen LogP contribution in [0.1, 0.15) is 91.0 Å². The molecule has 0 bridgehead atoms. The molecule has 342 valence electrons. The van der Waals surface area contributed by atoms with E-state index in [1.165, 1.54) is 12.0 Å². The molecule has 4 rings (SSSR count).